The van der Waals surface area contributed by atoms with Gasteiger partial charge in [-0.05, 0) is 43.3 Å². The number of thiazole rings is 1. The minimum absolute atomic E-state index is 0.0509. The lowest BCUT2D eigenvalue weighted by Gasteiger charge is -2.15. The molecule has 2 aromatic heterocycles. The molecule has 2 aromatic carbocycles. The van der Waals surface area contributed by atoms with Crippen molar-refractivity contribution in [2.75, 3.05) is 5.32 Å². The first-order valence-corrected chi connectivity index (χ1v) is 11.1. The molecule has 0 fully saturated rings. The van der Waals surface area contributed by atoms with Crippen molar-refractivity contribution in [3.05, 3.63) is 65.5 Å². The first kappa shape index (κ1) is 21.8. The normalized spacial score (nSPS) is 12.0. The lowest BCUT2D eigenvalue weighted by atomic mass is 10.2. The number of anilines is 1. The number of amides is 1. The lowest BCUT2D eigenvalue weighted by molar-refractivity contribution is -0.123. The zero-order valence-electron chi connectivity index (χ0n) is 16.6. The van der Waals surface area contributed by atoms with Gasteiger partial charge in [0.1, 0.15) is 15.6 Å². The predicted octanol–water partition coefficient (Wildman–Crippen LogP) is 5.81. The van der Waals surface area contributed by atoms with E-state index in [1.165, 1.54) is 47.8 Å². The van der Waals surface area contributed by atoms with Crippen LogP contribution >= 0.6 is 22.7 Å². The fourth-order valence-corrected chi connectivity index (χ4v) is 4.72. The minimum Gasteiger partial charge on any atom is -0.448 e. The standard InChI is InChI=1S/C22H16F2N2O4S2/c1-12(19(27)25-13-6-2-4-8-15(13)30-22(23)24)29-21(28)18-11-10-17(31-18)20-26-14-7-3-5-9-16(14)32-20/h2-12,22H,1H3,(H,25,27). The van der Waals surface area contributed by atoms with Crippen LogP contribution in [-0.2, 0) is 9.53 Å². The Kier molecular flexibility index (Phi) is 6.42. The fraction of sp³-hybridized carbons (Fsp3) is 0.136. The second kappa shape index (κ2) is 9.41. The van der Waals surface area contributed by atoms with E-state index in [1.54, 1.807) is 18.2 Å². The van der Waals surface area contributed by atoms with Crippen molar-refractivity contribution in [3.63, 3.8) is 0 Å². The van der Waals surface area contributed by atoms with Crippen LogP contribution in [-0.4, -0.2) is 29.6 Å². The average Bonchev–Trinajstić information content (AvgIpc) is 3.41. The molecule has 1 amide bonds. The van der Waals surface area contributed by atoms with Crippen LogP contribution in [0.4, 0.5) is 14.5 Å². The summed E-state index contributed by atoms with van der Waals surface area (Å²) >= 11 is 2.73. The van der Waals surface area contributed by atoms with E-state index >= 15 is 0 Å². The number of esters is 1. The summed E-state index contributed by atoms with van der Waals surface area (Å²) in [7, 11) is 0. The molecule has 4 rings (SSSR count). The molecule has 1 N–H and O–H groups in total. The number of nitrogens with one attached hydrogen (secondary N) is 1. The fourth-order valence-electron chi connectivity index (χ4n) is 2.82. The van der Waals surface area contributed by atoms with Gasteiger partial charge in [0.05, 0.1) is 20.8 Å². The molecule has 0 aliphatic heterocycles. The van der Waals surface area contributed by atoms with Crippen LogP contribution in [0.1, 0.15) is 16.6 Å². The Labute approximate surface area is 189 Å². The Balaban J connectivity index is 1.41. The predicted molar refractivity (Wildman–Crippen MR) is 120 cm³/mol. The topological polar surface area (TPSA) is 77.5 Å². The van der Waals surface area contributed by atoms with E-state index in [0.717, 1.165) is 20.1 Å². The smallest absolute Gasteiger partial charge is 0.387 e. The van der Waals surface area contributed by atoms with Crippen molar-refractivity contribution >= 4 is 50.5 Å². The monoisotopic (exact) mass is 474 g/mol. The number of hydrogen-bond acceptors (Lipinski definition) is 7. The molecule has 0 aliphatic carbocycles. The number of nitrogens with zero attached hydrogens (tertiary/aromatic N) is 1. The molecule has 6 nitrogen and oxygen atoms in total. The first-order chi connectivity index (χ1) is 15.4. The minimum atomic E-state index is -3.04. The summed E-state index contributed by atoms with van der Waals surface area (Å²) < 4.78 is 35.7. The molecule has 32 heavy (non-hydrogen) atoms. The Morgan fingerprint density at radius 3 is 2.53 bits per heavy atom. The Bertz CT molecular complexity index is 1240. The molecule has 0 radical (unpaired) electrons. The van der Waals surface area contributed by atoms with Gasteiger partial charge in [-0.25, -0.2) is 9.78 Å². The number of para-hydroxylation sites is 3. The van der Waals surface area contributed by atoms with Crippen LogP contribution < -0.4 is 10.1 Å². The maximum Gasteiger partial charge on any atom is 0.387 e. The maximum absolute atomic E-state index is 12.5. The average molecular weight is 475 g/mol. The van der Waals surface area contributed by atoms with Crippen molar-refractivity contribution in [1.82, 2.24) is 4.98 Å². The molecule has 0 bridgehead atoms. The summed E-state index contributed by atoms with van der Waals surface area (Å²) in [6.45, 7) is -1.64. The van der Waals surface area contributed by atoms with Crippen LogP contribution in [0.5, 0.6) is 5.75 Å². The third-order valence-corrected chi connectivity index (χ3v) is 6.60. The van der Waals surface area contributed by atoms with Gasteiger partial charge in [0.2, 0.25) is 0 Å². The van der Waals surface area contributed by atoms with Gasteiger partial charge >= 0.3 is 12.6 Å². The molecule has 1 atom stereocenters. The Morgan fingerprint density at radius 1 is 1.00 bits per heavy atom. The van der Waals surface area contributed by atoms with Gasteiger partial charge in [-0.15, -0.1) is 22.7 Å². The molecular weight excluding hydrogens is 458 g/mol. The summed E-state index contributed by atoms with van der Waals surface area (Å²) in [5.41, 5.74) is 0.932. The van der Waals surface area contributed by atoms with E-state index in [0.29, 0.717) is 4.88 Å². The van der Waals surface area contributed by atoms with Gasteiger partial charge in [-0.3, -0.25) is 4.79 Å². The summed E-state index contributed by atoms with van der Waals surface area (Å²) in [5, 5.41) is 3.23. The first-order valence-electron chi connectivity index (χ1n) is 9.42. The molecule has 0 saturated carbocycles. The van der Waals surface area contributed by atoms with Crippen LogP contribution in [0.25, 0.3) is 20.1 Å². The number of benzene rings is 2. The maximum atomic E-state index is 12.5. The number of aromatic nitrogens is 1. The highest BCUT2D eigenvalue weighted by atomic mass is 32.1. The van der Waals surface area contributed by atoms with Crippen molar-refractivity contribution in [3.8, 4) is 15.6 Å². The number of carbonyl (C=O) groups excluding carboxylic acids is 2. The van der Waals surface area contributed by atoms with Crippen LogP contribution in [0.15, 0.2) is 60.7 Å². The summed E-state index contributed by atoms with van der Waals surface area (Å²) in [4.78, 5) is 30.6. The SMILES string of the molecule is CC(OC(=O)c1ccc(-c2nc3ccccc3s2)s1)C(=O)Nc1ccccc1OC(F)F. The van der Waals surface area contributed by atoms with E-state index in [1.807, 2.05) is 24.3 Å². The highest BCUT2D eigenvalue weighted by molar-refractivity contribution is 7.26. The number of ether oxygens (including phenoxy) is 2. The molecule has 2 heterocycles. The zero-order chi connectivity index (χ0) is 22.7. The molecule has 0 spiro atoms. The van der Waals surface area contributed by atoms with Gasteiger partial charge in [0.15, 0.2) is 6.10 Å². The van der Waals surface area contributed by atoms with E-state index < -0.39 is 24.6 Å². The number of thiophene rings is 1. The number of carbonyl (C=O) groups is 2. The van der Waals surface area contributed by atoms with Crippen LogP contribution in [0, 0.1) is 0 Å². The highest BCUT2D eigenvalue weighted by Gasteiger charge is 2.22. The van der Waals surface area contributed by atoms with E-state index in [2.05, 4.69) is 15.0 Å². The zero-order valence-corrected chi connectivity index (χ0v) is 18.2. The number of fused-ring (bicyclic) bond motifs is 1. The summed E-state index contributed by atoms with van der Waals surface area (Å²) in [6.07, 6.45) is -1.16. The Hall–Kier alpha value is -3.37. The number of hydrogen-bond donors (Lipinski definition) is 1. The third-order valence-electron chi connectivity index (χ3n) is 4.33. The molecule has 10 heteroatoms. The molecular formula is C22H16F2N2O4S2. The number of alkyl halides is 2. The van der Waals surface area contributed by atoms with Crippen molar-refractivity contribution in [2.45, 2.75) is 19.6 Å². The quantitative estimate of drug-likeness (QED) is 0.342. The van der Waals surface area contributed by atoms with E-state index in [-0.39, 0.29) is 11.4 Å². The lowest BCUT2D eigenvalue weighted by Crippen LogP contribution is -2.30. The third kappa shape index (κ3) is 4.92. The molecule has 4 aromatic rings. The van der Waals surface area contributed by atoms with Crippen molar-refractivity contribution in [1.29, 1.82) is 0 Å². The van der Waals surface area contributed by atoms with Gasteiger partial charge in [0, 0.05) is 0 Å². The largest absolute Gasteiger partial charge is 0.448 e. The second-order valence-corrected chi connectivity index (χ2v) is 8.68. The van der Waals surface area contributed by atoms with Crippen LogP contribution in [0.3, 0.4) is 0 Å². The molecule has 164 valence electrons. The molecule has 0 aliphatic rings. The number of rotatable bonds is 7. The van der Waals surface area contributed by atoms with E-state index in [4.69, 9.17) is 4.74 Å². The van der Waals surface area contributed by atoms with Gasteiger partial charge in [-0.1, -0.05) is 24.3 Å². The number of halogens is 2. The summed E-state index contributed by atoms with van der Waals surface area (Å²) in [6, 6.07) is 16.9. The van der Waals surface area contributed by atoms with Gasteiger partial charge in [-0.2, -0.15) is 8.78 Å². The Morgan fingerprint density at radius 2 is 1.75 bits per heavy atom. The molecule has 1 unspecified atom stereocenters. The molecule has 0 saturated heterocycles. The van der Waals surface area contributed by atoms with E-state index in [9.17, 15) is 18.4 Å². The highest BCUT2D eigenvalue weighted by Crippen LogP contribution is 2.34. The van der Waals surface area contributed by atoms with Gasteiger partial charge in [0.25, 0.3) is 5.91 Å². The second-order valence-electron chi connectivity index (χ2n) is 6.56. The van der Waals surface area contributed by atoms with Crippen molar-refractivity contribution < 1.29 is 27.8 Å². The van der Waals surface area contributed by atoms with Gasteiger partial charge < -0.3 is 14.8 Å². The summed E-state index contributed by atoms with van der Waals surface area (Å²) in [5.74, 6) is -1.53. The van der Waals surface area contributed by atoms with Crippen molar-refractivity contribution in [2.24, 2.45) is 0 Å². The van der Waals surface area contributed by atoms with Crippen LogP contribution in [0.2, 0.25) is 0 Å².